The molecule has 2 fully saturated rings. The number of benzene rings is 1. The highest BCUT2D eigenvalue weighted by Gasteiger charge is 2.30. The minimum Gasteiger partial charge on any atom is -0.302 e. The van der Waals surface area contributed by atoms with Gasteiger partial charge in [0.1, 0.15) is 0 Å². The van der Waals surface area contributed by atoms with E-state index in [-0.39, 0.29) is 0 Å². The zero-order valence-electron chi connectivity index (χ0n) is 15.5. The van der Waals surface area contributed by atoms with Gasteiger partial charge in [-0.2, -0.15) is 0 Å². The first kappa shape index (κ1) is 17.0. The first-order valence-electron chi connectivity index (χ1n) is 9.46. The van der Waals surface area contributed by atoms with Gasteiger partial charge < -0.3 is 4.90 Å². The van der Waals surface area contributed by atoms with Crippen molar-refractivity contribution in [3.8, 4) is 0 Å². The number of piperidine rings is 1. The van der Waals surface area contributed by atoms with Crippen molar-refractivity contribution in [1.29, 1.82) is 0 Å². The highest BCUT2D eigenvalue weighted by Crippen LogP contribution is 2.30. The Balaban J connectivity index is 1.48. The minimum atomic E-state index is 0.342. The number of nitrogens with zero attached hydrogens (tertiary/aromatic N) is 2. The molecule has 128 valence electrons. The number of rotatable bonds is 3. The first-order chi connectivity index (χ1) is 10.9. The fraction of sp³-hybridized carbons (Fsp3) is 0.714. The maximum atomic E-state index is 2.73. The van der Waals surface area contributed by atoms with E-state index >= 15 is 0 Å². The molecule has 0 bridgehead atoms. The van der Waals surface area contributed by atoms with E-state index in [1.165, 1.54) is 57.5 Å². The van der Waals surface area contributed by atoms with Crippen LogP contribution in [0.3, 0.4) is 0 Å². The number of aryl methyl sites for hydroxylation is 1. The van der Waals surface area contributed by atoms with Gasteiger partial charge in [-0.15, -0.1) is 0 Å². The van der Waals surface area contributed by atoms with E-state index in [0.717, 1.165) is 11.8 Å². The predicted octanol–water partition coefficient (Wildman–Crippen LogP) is 4.29. The molecule has 1 unspecified atom stereocenters. The Kier molecular flexibility index (Phi) is 5.13. The lowest BCUT2D eigenvalue weighted by molar-refractivity contribution is 0.0773. The molecule has 3 rings (SSSR count). The van der Waals surface area contributed by atoms with E-state index < -0.39 is 0 Å². The Morgan fingerprint density at radius 1 is 1.04 bits per heavy atom. The van der Waals surface area contributed by atoms with Crippen LogP contribution < -0.4 is 0 Å². The van der Waals surface area contributed by atoms with Gasteiger partial charge in [-0.05, 0) is 84.0 Å². The summed E-state index contributed by atoms with van der Waals surface area (Å²) >= 11 is 0. The van der Waals surface area contributed by atoms with E-state index in [0.29, 0.717) is 5.54 Å². The summed E-state index contributed by atoms with van der Waals surface area (Å²) < 4.78 is 0. The zero-order valence-corrected chi connectivity index (χ0v) is 15.5. The first-order valence-corrected chi connectivity index (χ1v) is 9.46. The monoisotopic (exact) mass is 314 g/mol. The van der Waals surface area contributed by atoms with Crippen LogP contribution >= 0.6 is 0 Å². The normalized spacial score (nSPS) is 25.1. The van der Waals surface area contributed by atoms with Crippen LogP contribution in [-0.2, 0) is 0 Å². The number of hydrogen-bond acceptors (Lipinski definition) is 2. The van der Waals surface area contributed by atoms with E-state index in [9.17, 15) is 0 Å². The van der Waals surface area contributed by atoms with Crippen LogP contribution in [0.2, 0.25) is 0 Å². The Bertz CT molecular complexity index is 509. The van der Waals surface area contributed by atoms with Gasteiger partial charge >= 0.3 is 0 Å². The van der Waals surface area contributed by atoms with Crippen LogP contribution in [0.15, 0.2) is 24.3 Å². The SMILES string of the molecule is Cc1cccc(C2CCN(CC3CCN(C(C)(C)C)CC3)C2)c1. The molecule has 2 heterocycles. The highest BCUT2D eigenvalue weighted by atomic mass is 15.2. The fourth-order valence-electron chi connectivity index (χ4n) is 4.35. The third kappa shape index (κ3) is 4.36. The van der Waals surface area contributed by atoms with Crippen molar-refractivity contribution in [2.45, 2.75) is 58.4 Å². The zero-order chi connectivity index (χ0) is 16.4. The van der Waals surface area contributed by atoms with E-state index in [1.807, 2.05) is 0 Å². The van der Waals surface area contributed by atoms with Gasteiger partial charge in [0.05, 0.1) is 0 Å². The van der Waals surface area contributed by atoms with Crippen molar-refractivity contribution >= 4 is 0 Å². The van der Waals surface area contributed by atoms with E-state index in [1.54, 1.807) is 5.56 Å². The van der Waals surface area contributed by atoms with Crippen molar-refractivity contribution in [3.63, 3.8) is 0 Å². The Morgan fingerprint density at radius 3 is 2.43 bits per heavy atom. The van der Waals surface area contributed by atoms with Gasteiger partial charge in [-0.25, -0.2) is 0 Å². The van der Waals surface area contributed by atoms with Gasteiger partial charge in [0.2, 0.25) is 0 Å². The van der Waals surface area contributed by atoms with Crippen molar-refractivity contribution < 1.29 is 0 Å². The molecule has 23 heavy (non-hydrogen) atoms. The molecule has 0 aliphatic carbocycles. The predicted molar refractivity (Wildman–Crippen MR) is 99.0 cm³/mol. The molecule has 2 aliphatic rings. The molecule has 1 aromatic carbocycles. The maximum absolute atomic E-state index is 2.73. The smallest absolute Gasteiger partial charge is 0.0125 e. The molecule has 0 amide bonds. The van der Waals surface area contributed by atoms with Crippen molar-refractivity contribution in [2.24, 2.45) is 5.92 Å². The molecular weight excluding hydrogens is 280 g/mol. The second kappa shape index (κ2) is 6.94. The van der Waals surface area contributed by atoms with Gasteiger partial charge in [0.25, 0.3) is 0 Å². The molecule has 2 heteroatoms. The summed E-state index contributed by atoms with van der Waals surface area (Å²) in [4.78, 5) is 5.38. The van der Waals surface area contributed by atoms with Crippen LogP contribution in [0.4, 0.5) is 0 Å². The van der Waals surface area contributed by atoms with Crippen LogP contribution in [0, 0.1) is 12.8 Å². The average molecular weight is 315 g/mol. The van der Waals surface area contributed by atoms with E-state index in [2.05, 4.69) is 61.8 Å². The second-order valence-corrected chi connectivity index (χ2v) is 8.76. The largest absolute Gasteiger partial charge is 0.302 e. The van der Waals surface area contributed by atoms with Gasteiger partial charge in [0, 0.05) is 18.6 Å². The van der Waals surface area contributed by atoms with Crippen LogP contribution in [0.25, 0.3) is 0 Å². The lowest BCUT2D eigenvalue weighted by Crippen LogP contribution is -2.47. The van der Waals surface area contributed by atoms with Crippen molar-refractivity contribution in [3.05, 3.63) is 35.4 Å². The second-order valence-electron chi connectivity index (χ2n) is 8.76. The summed E-state index contributed by atoms with van der Waals surface area (Å²) in [6.07, 6.45) is 4.09. The number of likely N-dealkylation sites (tertiary alicyclic amines) is 2. The summed E-state index contributed by atoms with van der Waals surface area (Å²) in [5.74, 6) is 1.66. The minimum absolute atomic E-state index is 0.342. The van der Waals surface area contributed by atoms with Crippen LogP contribution in [0.1, 0.15) is 57.1 Å². The Labute approximate surface area is 142 Å². The molecule has 2 aliphatic heterocycles. The summed E-state index contributed by atoms with van der Waals surface area (Å²) in [6, 6.07) is 9.13. The average Bonchev–Trinajstić information content (AvgIpc) is 2.95. The molecule has 1 atom stereocenters. The van der Waals surface area contributed by atoms with Crippen LogP contribution in [0.5, 0.6) is 0 Å². The highest BCUT2D eigenvalue weighted by molar-refractivity contribution is 5.26. The molecule has 0 saturated carbocycles. The molecule has 0 radical (unpaired) electrons. The molecule has 1 aromatic rings. The molecule has 0 N–H and O–H groups in total. The molecule has 2 nitrogen and oxygen atoms in total. The lowest BCUT2D eigenvalue weighted by atomic mass is 9.92. The fourth-order valence-corrected chi connectivity index (χ4v) is 4.35. The van der Waals surface area contributed by atoms with Crippen molar-refractivity contribution in [2.75, 3.05) is 32.7 Å². The topological polar surface area (TPSA) is 6.48 Å². The van der Waals surface area contributed by atoms with E-state index in [4.69, 9.17) is 0 Å². The third-order valence-corrected chi connectivity index (χ3v) is 5.87. The maximum Gasteiger partial charge on any atom is 0.0125 e. The van der Waals surface area contributed by atoms with Crippen LogP contribution in [-0.4, -0.2) is 48.1 Å². The summed E-state index contributed by atoms with van der Waals surface area (Å²) in [7, 11) is 0. The third-order valence-electron chi connectivity index (χ3n) is 5.87. The summed E-state index contributed by atoms with van der Waals surface area (Å²) in [5, 5.41) is 0. The van der Waals surface area contributed by atoms with Gasteiger partial charge in [-0.1, -0.05) is 29.8 Å². The Morgan fingerprint density at radius 2 is 1.78 bits per heavy atom. The van der Waals surface area contributed by atoms with Gasteiger partial charge in [-0.3, -0.25) is 4.90 Å². The summed E-state index contributed by atoms with van der Waals surface area (Å²) in [5.41, 5.74) is 3.29. The molecular formula is C21H34N2. The lowest BCUT2D eigenvalue weighted by Gasteiger charge is -2.41. The Hall–Kier alpha value is -0.860. The summed E-state index contributed by atoms with van der Waals surface area (Å²) in [6.45, 7) is 15.7. The number of hydrogen-bond donors (Lipinski definition) is 0. The van der Waals surface area contributed by atoms with Gasteiger partial charge in [0.15, 0.2) is 0 Å². The van der Waals surface area contributed by atoms with Crippen molar-refractivity contribution in [1.82, 2.24) is 9.80 Å². The molecule has 0 spiro atoms. The molecule has 0 aromatic heterocycles. The standard InChI is InChI=1S/C21H34N2/c1-17-6-5-7-19(14-17)20-10-11-22(16-20)15-18-8-12-23(13-9-18)21(2,3)4/h5-7,14,18,20H,8-13,15-16H2,1-4H3. The molecule has 2 saturated heterocycles. The quantitative estimate of drug-likeness (QED) is 0.821.